The maximum absolute atomic E-state index is 11.1. The van der Waals surface area contributed by atoms with E-state index in [0.29, 0.717) is 6.42 Å². The molecule has 0 aromatic rings. The third kappa shape index (κ3) is 2.19. The zero-order valence-corrected chi connectivity index (χ0v) is 9.08. The van der Waals surface area contributed by atoms with Crippen molar-refractivity contribution in [1.29, 1.82) is 0 Å². The number of nitrogens with zero attached hydrogens (tertiary/aromatic N) is 1. The molecule has 0 bridgehead atoms. The van der Waals surface area contributed by atoms with E-state index < -0.39 is 20.4 Å². The third-order valence-corrected chi connectivity index (χ3v) is 4.12. The van der Waals surface area contributed by atoms with Crippen LogP contribution in [0.5, 0.6) is 0 Å². The van der Waals surface area contributed by atoms with Crippen LogP contribution in [0.3, 0.4) is 0 Å². The van der Waals surface area contributed by atoms with Crippen molar-refractivity contribution in [2.24, 2.45) is 0 Å². The lowest BCUT2D eigenvalue weighted by molar-refractivity contribution is -0.859. The Kier molecular flexibility index (Phi) is 4.31. The predicted octanol–water partition coefficient (Wildman–Crippen LogP) is 0.374. The molecule has 0 saturated heterocycles. The Labute approximate surface area is 79.5 Å². The van der Waals surface area contributed by atoms with E-state index in [1.54, 1.807) is 20.8 Å². The van der Waals surface area contributed by atoms with Gasteiger partial charge in [0.15, 0.2) is 0 Å². The molecule has 0 aliphatic rings. The van der Waals surface area contributed by atoms with Crippen molar-refractivity contribution in [3.05, 3.63) is 0 Å². The Hall–Kier alpha value is -0.170. The molecule has 0 aliphatic carbocycles. The summed E-state index contributed by atoms with van der Waals surface area (Å²) in [6.45, 7) is 5.23. The first-order valence-corrected chi connectivity index (χ1v) is 5.77. The molecule has 0 aromatic carbocycles. The second-order valence-corrected chi connectivity index (χ2v) is 4.54. The first-order chi connectivity index (χ1) is 5.85. The number of aliphatic hydroxyl groups excluding tert-OH is 1. The smallest absolute Gasteiger partial charge is 0.344 e. The van der Waals surface area contributed by atoms with Gasteiger partial charge in [0.1, 0.15) is 0 Å². The minimum absolute atomic E-state index is 0.157. The molecule has 1 atom stereocenters. The Morgan fingerprint density at radius 3 is 1.69 bits per heavy atom. The quantitative estimate of drug-likeness (QED) is 0.392. The van der Waals surface area contributed by atoms with Crippen molar-refractivity contribution in [2.75, 3.05) is 13.1 Å². The Morgan fingerprint density at radius 2 is 1.62 bits per heavy atom. The lowest BCUT2D eigenvalue weighted by Gasteiger charge is -2.35. The van der Waals surface area contributed by atoms with Gasteiger partial charge in [-0.2, -0.15) is 3.89 Å². The fraction of sp³-hybridized carbons (Fsp3) is 1.00. The van der Waals surface area contributed by atoms with E-state index in [1.807, 2.05) is 0 Å². The molecule has 0 rings (SSSR count). The summed E-state index contributed by atoms with van der Waals surface area (Å²) in [5.41, 5.74) is 0. The molecule has 0 saturated carbocycles. The Morgan fingerprint density at radius 1 is 1.23 bits per heavy atom. The van der Waals surface area contributed by atoms with Crippen molar-refractivity contribution in [1.82, 2.24) is 0 Å². The van der Waals surface area contributed by atoms with Gasteiger partial charge in [-0.15, -0.1) is 8.42 Å². The highest BCUT2D eigenvalue weighted by Gasteiger charge is 2.43. The van der Waals surface area contributed by atoms with Gasteiger partial charge in [-0.3, -0.25) is 0 Å². The lowest BCUT2D eigenvalue weighted by Crippen LogP contribution is -2.58. The third-order valence-electron chi connectivity index (χ3n) is 2.44. The highest BCUT2D eigenvalue weighted by atomic mass is 32.2. The molecule has 2 N–H and O–H groups in total. The molecule has 0 spiro atoms. The number of hydrogen-bond acceptors (Lipinski definition) is 3. The van der Waals surface area contributed by atoms with Gasteiger partial charge in [-0.1, -0.05) is 6.92 Å². The van der Waals surface area contributed by atoms with Crippen LogP contribution in [0.1, 0.15) is 27.2 Å². The van der Waals surface area contributed by atoms with Crippen molar-refractivity contribution in [2.45, 2.75) is 33.4 Å². The maximum atomic E-state index is 11.1. The minimum atomic E-state index is -4.25. The molecular weight excluding hydrogens is 194 g/mol. The molecule has 0 amide bonds. The van der Waals surface area contributed by atoms with Crippen LogP contribution in [-0.2, 0) is 10.3 Å². The zero-order valence-electron chi connectivity index (χ0n) is 8.27. The Balaban J connectivity index is 5.16. The second kappa shape index (κ2) is 4.36. The minimum Gasteiger partial charge on any atom is -0.344 e. The summed E-state index contributed by atoms with van der Waals surface area (Å²) in [6.07, 6.45) is -0.772. The normalized spacial score (nSPS) is 15.8. The molecule has 80 valence electrons. The van der Waals surface area contributed by atoms with Crippen LogP contribution in [0, 0.1) is 0 Å². The van der Waals surface area contributed by atoms with Crippen molar-refractivity contribution in [3.8, 4) is 0 Å². The monoisotopic (exact) mass is 212 g/mol. The van der Waals surface area contributed by atoms with Crippen LogP contribution < -0.4 is 0 Å². The molecule has 0 fully saturated rings. The Bertz CT molecular complexity index is 245. The topological polar surface area (TPSA) is 74.6 Å². The zero-order chi connectivity index (χ0) is 10.7. The first kappa shape index (κ1) is 12.8. The number of hydrogen-bond donors (Lipinski definition) is 2. The summed E-state index contributed by atoms with van der Waals surface area (Å²) in [6, 6.07) is 0. The average molecular weight is 212 g/mol. The fourth-order valence-electron chi connectivity index (χ4n) is 1.46. The van der Waals surface area contributed by atoms with Crippen LogP contribution >= 0.6 is 0 Å². The summed E-state index contributed by atoms with van der Waals surface area (Å²) < 4.78 is 30.5. The molecule has 0 aromatic heterocycles. The van der Waals surface area contributed by atoms with E-state index >= 15 is 0 Å². The maximum Gasteiger partial charge on any atom is 0.435 e. The largest absolute Gasteiger partial charge is 0.435 e. The van der Waals surface area contributed by atoms with Gasteiger partial charge in [0, 0.05) is 6.42 Å². The molecule has 6 heteroatoms. The summed E-state index contributed by atoms with van der Waals surface area (Å²) in [5, 5.41) is 9.54. The van der Waals surface area contributed by atoms with Gasteiger partial charge in [-0.25, -0.2) is 4.55 Å². The van der Waals surface area contributed by atoms with E-state index in [9.17, 15) is 13.5 Å². The van der Waals surface area contributed by atoms with E-state index in [2.05, 4.69) is 0 Å². The summed E-state index contributed by atoms with van der Waals surface area (Å²) in [5.74, 6) is 0. The first-order valence-electron chi connectivity index (χ1n) is 4.38. The van der Waals surface area contributed by atoms with E-state index in [0.717, 1.165) is 0 Å². The van der Waals surface area contributed by atoms with Gasteiger partial charge >= 0.3 is 10.3 Å². The average Bonchev–Trinajstić information content (AvgIpc) is 2.04. The van der Waals surface area contributed by atoms with E-state index in [1.165, 1.54) is 0 Å². The van der Waals surface area contributed by atoms with Crippen molar-refractivity contribution in [3.63, 3.8) is 0 Å². The number of rotatable bonds is 5. The predicted molar refractivity (Wildman–Crippen MR) is 49.2 cm³/mol. The SMILES string of the molecule is CCC(O)[N+](CC)(CC)S(=O)(=O)O. The van der Waals surface area contributed by atoms with Crippen molar-refractivity contribution < 1.29 is 22.0 Å². The highest BCUT2D eigenvalue weighted by Crippen LogP contribution is 2.19. The number of quaternary nitrogens is 1. The molecule has 0 heterocycles. The molecular formula is C7H18NO4S+. The summed E-state index contributed by atoms with van der Waals surface area (Å²) in [4.78, 5) is 0. The van der Waals surface area contributed by atoms with Gasteiger partial charge in [0.25, 0.3) is 0 Å². The summed E-state index contributed by atoms with van der Waals surface area (Å²) >= 11 is 0. The van der Waals surface area contributed by atoms with Gasteiger partial charge < -0.3 is 5.11 Å². The van der Waals surface area contributed by atoms with E-state index in [-0.39, 0.29) is 13.1 Å². The van der Waals surface area contributed by atoms with Gasteiger partial charge in [-0.05, 0) is 13.8 Å². The molecule has 1 unspecified atom stereocenters. The van der Waals surface area contributed by atoms with Gasteiger partial charge in [0.05, 0.1) is 13.1 Å². The van der Waals surface area contributed by atoms with Crippen LogP contribution in [0.25, 0.3) is 0 Å². The summed E-state index contributed by atoms with van der Waals surface area (Å²) in [7, 11) is -4.25. The molecule has 0 radical (unpaired) electrons. The molecule has 13 heavy (non-hydrogen) atoms. The standard InChI is InChI=1S/C7H17NO4S/c1-4-7(9)8(5-2,6-3)13(10,11)12/h7,9H,4-6H2,1-3H3/p+1. The second-order valence-electron chi connectivity index (χ2n) is 2.92. The fourth-order valence-corrected chi connectivity index (χ4v) is 2.57. The van der Waals surface area contributed by atoms with E-state index in [4.69, 9.17) is 4.55 Å². The highest BCUT2D eigenvalue weighted by molar-refractivity contribution is 7.80. The van der Waals surface area contributed by atoms with Crippen LogP contribution in [0.4, 0.5) is 0 Å². The van der Waals surface area contributed by atoms with Crippen LogP contribution in [-0.4, -0.2) is 41.3 Å². The molecule has 0 aliphatic heterocycles. The van der Waals surface area contributed by atoms with Crippen LogP contribution in [0.15, 0.2) is 0 Å². The molecule has 5 nitrogen and oxygen atoms in total. The number of aliphatic hydroxyl groups is 1. The van der Waals surface area contributed by atoms with Crippen molar-refractivity contribution >= 4 is 10.3 Å². The lowest BCUT2D eigenvalue weighted by atomic mass is 10.3. The van der Waals surface area contributed by atoms with Gasteiger partial charge in [0.2, 0.25) is 6.23 Å². The van der Waals surface area contributed by atoms with Crippen LogP contribution in [0.2, 0.25) is 0 Å².